The zero-order chi connectivity index (χ0) is 14.5. The Morgan fingerprint density at radius 3 is 1.85 bits per heavy atom. The van der Waals surface area contributed by atoms with Gasteiger partial charge in [0.15, 0.2) is 0 Å². The molecule has 0 radical (unpaired) electrons. The molecule has 0 aliphatic rings. The Hall–Kier alpha value is -2.00. The van der Waals surface area contributed by atoms with E-state index in [0.29, 0.717) is 17.9 Å². The van der Waals surface area contributed by atoms with E-state index in [0.717, 1.165) is 11.1 Å². The van der Waals surface area contributed by atoms with Crippen LogP contribution in [-0.2, 0) is 17.6 Å². The topological polar surface area (TPSA) is 57.5 Å². The first kappa shape index (κ1) is 14.4. The fourth-order valence-electron chi connectivity index (χ4n) is 2.07. The number of aromatic hydroxyl groups is 1. The summed E-state index contributed by atoms with van der Waals surface area (Å²) < 4.78 is 0. The number of aliphatic carboxylic acids is 1. The molecule has 0 amide bonds. The van der Waals surface area contributed by atoms with Gasteiger partial charge in [-0.25, -0.2) is 0 Å². The summed E-state index contributed by atoms with van der Waals surface area (Å²) >= 11 is 5.82. The highest BCUT2D eigenvalue weighted by atomic mass is 35.5. The molecule has 0 saturated carbocycles. The fourth-order valence-corrected chi connectivity index (χ4v) is 2.19. The molecule has 2 N–H and O–H groups in total. The van der Waals surface area contributed by atoms with Gasteiger partial charge in [-0.15, -0.1) is 0 Å². The Kier molecular flexibility index (Phi) is 4.64. The molecule has 1 unspecified atom stereocenters. The van der Waals surface area contributed by atoms with Gasteiger partial charge < -0.3 is 10.2 Å². The summed E-state index contributed by atoms with van der Waals surface area (Å²) in [6.45, 7) is 0. The number of phenols is 1. The minimum absolute atomic E-state index is 0.179. The van der Waals surface area contributed by atoms with Crippen LogP contribution in [0.2, 0.25) is 5.02 Å². The summed E-state index contributed by atoms with van der Waals surface area (Å²) in [4.78, 5) is 11.4. The van der Waals surface area contributed by atoms with Crippen molar-refractivity contribution < 1.29 is 15.0 Å². The second kappa shape index (κ2) is 6.44. The van der Waals surface area contributed by atoms with Crippen LogP contribution in [-0.4, -0.2) is 16.2 Å². The molecular weight excluding hydrogens is 276 g/mol. The van der Waals surface area contributed by atoms with Gasteiger partial charge in [0.25, 0.3) is 0 Å². The van der Waals surface area contributed by atoms with E-state index >= 15 is 0 Å². The zero-order valence-electron chi connectivity index (χ0n) is 10.8. The second-order valence-corrected chi connectivity index (χ2v) is 5.17. The van der Waals surface area contributed by atoms with Gasteiger partial charge in [0.05, 0.1) is 5.92 Å². The van der Waals surface area contributed by atoms with Crippen LogP contribution in [0, 0.1) is 5.92 Å². The molecule has 0 aliphatic heterocycles. The molecule has 0 spiro atoms. The van der Waals surface area contributed by atoms with Gasteiger partial charge in [-0.1, -0.05) is 35.9 Å². The van der Waals surface area contributed by atoms with Crippen molar-refractivity contribution in [3.05, 3.63) is 64.7 Å². The van der Waals surface area contributed by atoms with E-state index in [2.05, 4.69) is 0 Å². The maximum Gasteiger partial charge on any atom is 0.307 e. The van der Waals surface area contributed by atoms with Gasteiger partial charge in [0, 0.05) is 5.02 Å². The molecule has 0 aromatic heterocycles. The minimum Gasteiger partial charge on any atom is -0.508 e. The average molecular weight is 291 g/mol. The van der Waals surface area contributed by atoms with Gasteiger partial charge in [-0.3, -0.25) is 4.79 Å². The van der Waals surface area contributed by atoms with E-state index in [9.17, 15) is 15.0 Å². The molecule has 2 rings (SSSR count). The number of hydrogen-bond acceptors (Lipinski definition) is 2. The highest BCUT2D eigenvalue weighted by molar-refractivity contribution is 6.30. The van der Waals surface area contributed by atoms with Gasteiger partial charge >= 0.3 is 5.97 Å². The molecule has 0 bridgehead atoms. The van der Waals surface area contributed by atoms with Gasteiger partial charge in [0.2, 0.25) is 0 Å². The fraction of sp³-hybridized carbons (Fsp3) is 0.188. The molecule has 0 aliphatic carbocycles. The van der Waals surface area contributed by atoms with Crippen LogP contribution in [0.1, 0.15) is 11.1 Å². The number of phenolic OH excluding ortho intramolecular Hbond substituents is 1. The lowest BCUT2D eigenvalue weighted by atomic mass is 9.92. The third-order valence-corrected chi connectivity index (χ3v) is 3.42. The van der Waals surface area contributed by atoms with Gasteiger partial charge in [-0.05, 0) is 48.2 Å². The van der Waals surface area contributed by atoms with Crippen molar-refractivity contribution in [2.24, 2.45) is 5.92 Å². The number of hydrogen-bond donors (Lipinski definition) is 2. The van der Waals surface area contributed by atoms with E-state index in [4.69, 9.17) is 11.6 Å². The highest BCUT2D eigenvalue weighted by Gasteiger charge is 2.18. The van der Waals surface area contributed by atoms with Gasteiger partial charge in [0.1, 0.15) is 5.75 Å². The predicted octanol–water partition coefficient (Wildman–Crippen LogP) is 3.53. The van der Waals surface area contributed by atoms with Crippen LogP contribution in [0.3, 0.4) is 0 Å². The molecule has 104 valence electrons. The van der Waals surface area contributed by atoms with Crippen molar-refractivity contribution >= 4 is 17.6 Å². The number of halogens is 1. The summed E-state index contributed by atoms with van der Waals surface area (Å²) in [6.07, 6.45) is 0.881. The largest absolute Gasteiger partial charge is 0.508 e. The molecule has 0 saturated heterocycles. The van der Waals surface area contributed by atoms with Crippen LogP contribution < -0.4 is 0 Å². The van der Waals surface area contributed by atoms with E-state index < -0.39 is 11.9 Å². The molecule has 20 heavy (non-hydrogen) atoms. The quantitative estimate of drug-likeness (QED) is 0.885. The smallest absolute Gasteiger partial charge is 0.307 e. The third-order valence-electron chi connectivity index (χ3n) is 3.16. The Balaban J connectivity index is 2.09. The van der Waals surface area contributed by atoms with Crippen molar-refractivity contribution in [3.63, 3.8) is 0 Å². The van der Waals surface area contributed by atoms with Crippen LogP contribution in [0.25, 0.3) is 0 Å². The van der Waals surface area contributed by atoms with Crippen molar-refractivity contribution in [1.29, 1.82) is 0 Å². The number of benzene rings is 2. The Bertz CT molecular complexity index is 528. The molecular formula is C16H15ClO3. The maximum atomic E-state index is 11.4. The van der Waals surface area contributed by atoms with E-state index in [1.807, 2.05) is 12.1 Å². The van der Waals surface area contributed by atoms with Gasteiger partial charge in [-0.2, -0.15) is 0 Å². The van der Waals surface area contributed by atoms with E-state index in [1.165, 1.54) is 0 Å². The molecule has 1 atom stereocenters. The monoisotopic (exact) mass is 290 g/mol. The van der Waals surface area contributed by atoms with Crippen molar-refractivity contribution in [1.82, 2.24) is 0 Å². The Labute approximate surface area is 122 Å². The molecule has 0 fully saturated rings. The summed E-state index contributed by atoms with van der Waals surface area (Å²) in [5.74, 6) is -1.15. The number of carboxylic acid groups (broad SMARTS) is 1. The molecule has 3 nitrogen and oxygen atoms in total. The van der Waals surface area contributed by atoms with Crippen LogP contribution in [0.5, 0.6) is 5.75 Å². The normalized spacial score (nSPS) is 12.1. The lowest BCUT2D eigenvalue weighted by Gasteiger charge is -2.12. The molecule has 4 heteroatoms. The summed E-state index contributed by atoms with van der Waals surface area (Å²) in [5, 5.41) is 19.2. The van der Waals surface area contributed by atoms with Crippen LogP contribution in [0.15, 0.2) is 48.5 Å². The number of rotatable bonds is 5. The average Bonchev–Trinajstić information content (AvgIpc) is 2.42. The van der Waals surface area contributed by atoms with Crippen molar-refractivity contribution in [3.8, 4) is 5.75 Å². The first-order valence-electron chi connectivity index (χ1n) is 6.30. The summed E-state index contributed by atoms with van der Waals surface area (Å²) in [7, 11) is 0. The SMILES string of the molecule is O=C(O)C(Cc1ccc(O)cc1)Cc1ccc(Cl)cc1. The first-order valence-corrected chi connectivity index (χ1v) is 6.67. The predicted molar refractivity (Wildman–Crippen MR) is 78.1 cm³/mol. The first-order chi connectivity index (χ1) is 9.54. The van der Waals surface area contributed by atoms with Crippen molar-refractivity contribution in [2.75, 3.05) is 0 Å². The lowest BCUT2D eigenvalue weighted by Crippen LogP contribution is -2.19. The third kappa shape index (κ3) is 4.00. The van der Waals surface area contributed by atoms with Crippen LogP contribution >= 0.6 is 11.6 Å². The van der Waals surface area contributed by atoms with Crippen molar-refractivity contribution in [2.45, 2.75) is 12.8 Å². The standard InChI is InChI=1S/C16H15ClO3/c17-14-5-1-11(2-6-14)9-13(16(19)20)10-12-3-7-15(18)8-4-12/h1-8,13,18H,9-10H2,(H,19,20). The Morgan fingerprint density at radius 1 is 0.950 bits per heavy atom. The zero-order valence-corrected chi connectivity index (χ0v) is 11.5. The number of carboxylic acids is 1. The molecule has 2 aromatic carbocycles. The molecule has 2 aromatic rings. The second-order valence-electron chi connectivity index (χ2n) is 4.74. The minimum atomic E-state index is -0.826. The van der Waals surface area contributed by atoms with E-state index in [1.54, 1.807) is 36.4 Å². The molecule has 0 heterocycles. The lowest BCUT2D eigenvalue weighted by molar-refractivity contribution is -0.141. The van der Waals surface area contributed by atoms with Crippen LogP contribution in [0.4, 0.5) is 0 Å². The van der Waals surface area contributed by atoms with E-state index in [-0.39, 0.29) is 5.75 Å². The maximum absolute atomic E-state index is 11.4. The highest BCUT2D eigenvalue weighted by Crippen LogP contribution is 2.19. The summed E-state index contributed by atoms with van der Waals surface area (Å²) in [5.41, 5.74) is 1.84. The number of carbonyl (C=O) groups is 1. The Morgan fingerprint density at radius 2 is 1.40 bits per heavy atom. The summed E-state index contributed by atoms with van der Waals surface area (Å²) in [6, 6.07) is 13.8.